The highest BCUT2D eigenvalue weighted by Crippen LogP contribution is 2.15. The zero-order chi connectivity index (χ0) is 9.97. The number of rotatable bonds is 2. The third-order valence-corrected chi connectivity index (χ3v) is 4.13. The van der Waals surface area contributed by atoms with Gasteiger partial charge in [-0.3, -0.25) is 9.19 Å². The number of hydrogen-bond donors (Lipinski definition) is 1. The number of nitrogens with zero attached hydrogens (tertiary/aromatic N) is 2. The summed E-state index contributed by atoms with van der Waals surface area (Å²) < 4.78 is 12.0. The first-order chi connectivity index (χ1) is 6.79. The summed E-state index contributed by atoms with van der Waals surface area (Å²) in [7, 11) is -1.01. The molecule has 1 aliphatic rings. The van der Waals surface area contributed by atoms with Gasteiger partial charge in [-0.15, -0.1) is 12.4 Å². The van der Waals surface area contributed by atoms with Crippen molar-refractivity contribution >= 4 is 23.2 Å². The Morgan fingerprint density at radius 3 is 2.80 bits per heavy atom. The van der Waals surface area contributed by atoms with Gasteiger partial charge in [0.1, 0.15) is 5.03 Å². The SMILES string of the molecule is Cc1nccnc1S(=O)[C@@H]1CCNC1.Cl. The molecule has 1 unspecified atom stereocenters. The van der Waals surface area contributed by atoms with Gasteiger partial charge in [-0.25, -0.2) is 4.98 Å². The van der Waals surface area contributed by atoms with E-state index < -0.39 is 10.8 Å². The lowest BCUT2D eigenvalue weighted by molar-refractivity contribution is 0.667. The molecule has 1 N–H and O–H groups in total. The van der Waals surface area contributed by atoms with E-state index in [2.05, 4.69) is 15.3 Å². The standard InChI is InChI=1S/C9H13N3OS.ClH/c1-7-9(12-5-4-11-7)14(13)8-2-3-10-6-8;/h4-5,8,10H,2-3,6H2,1H3;1H/t8-,14?;/m1./s1. The molecule has 84 valence electrons. The van der Waals surface area contributed by atoms with Crippen LogP contribution in [0.5, 0.6) is 0 Å². The Kier molecular flexibility index (Phi) is 4.63. The van der Waals surface area contributed by atoms with Crippen LogP contribution in [0.4, 0.5) is 0 Å². The lowest BCUT2D eigenvalue weighted by atomic mass is 10.4. The van der Waals surface area contributed by atoms with Crippen LogP contribution in [0.25, 0.3) is 0 Å². The van der Waals surface area contributed by atoms with Crippen LogP contribution in [0, 0.1) is 6.92 Å². The summed E-state index contributed by atoms with van der Waals surface area (Å²) in [5.41, 5.74) is 0.776. The molecule has 0 spiro atoms. The smallest absolute Gasteiger partial charge is 0.148 e. The van der Waals surface area contributed by atoms with Crippen molar-refractivity contribution in [3.8, 4) is 0 Å². The number of aryl methyl sites for hydroxylation is 1. The van der Waals surface area contributed by atoms with Crippen molar-refractivity contribution in [1.82, 2.24) is 15.3 Å². The molecule has 0 bridgehead atoms. The maximum Gasteiger partial charge on any atom is 0.148 e. The Balaban J connectivity index is 0.00000112. The zero-order valence-electron chi connectivity index (χ0n) is 8.47. The second-order valence-electron chi connectivity index (χ2n) is 3.36. The van der Waals surface area contributed by atoms with E-state index in [0.717, 1.165) is 25.2 Å². The molecular formula is C9H14ClN3OS. The van der Waals surface area contributed by atoms with Gasteiger partial charge >= 0.3 is 0 Å². The number of halogens is 1. The van der Waals surface area contributed by atoms with Gasteiger partial charge < -0.3 is 5.32 Å². The molecule has 2 heterocycles. The minimum absolute atomic E-state index is 0. The summed E-state index contributed by atoms with van der Waals surface area (Å²) >= 11 is 0. The first-order valence-corrected chi connectivity index (χ1v) is 5.89. The molecule has 1 aromatic rings. The van der Waals surface area contributed by atoms with E-state index in [1.807, 2.05) is 6.92 Å². The maximum absolute atomic E-state index is 12.0. The van der Waals surface area contributed by atoms with E-state index in [4.69, 9.17) is 0 Å². The van der Waals surface area contributed by atoms with Crippen molar-refractivity contribution in [2.75, 3.05) is 13.1 Å². The molecule has 2 atom stereocenters. The third-order valence-electron chi connectivity index (χ3n) is 2.34. The number of hydrogen-bond acceptors (Lipinski definition) is 4. The minimum Gasteiger partial charge on any atom is -0.315 e. The fraction of sp³-hybridized carbons (Fsp3) is 0.556. The molecule has 0 aromatic carbocycles. The van der Waals surface area contributed by atoms with E-state index in [-0.39, 0.29) is 17.7 Å². The first kappa shape index (κ1) is 12.5. The number of aromatic nitrogens is 2. The average Bonchev–Trinajstić information content (AvgIpc) is 2.70. The molecule has 0 saturated carbocycles. The molecule has 1 fully saturated rings. The second-order valence-corrected chi connectivity index (χ2v) is 5.01. The highest BCUT2D eigenvalue weighted by molar-refractivity contribution is 7.85. The summed E-state index contributed by atoms with van der Waals surface area (Å²) in [5, 5.41) is 4.04. The van der Waals surface area contributed by atoms with Gasteiger partial charge in [-0.1, -0.05) is 0 Å². The topological polar surface area (TPSA) is 54.9 Å². The molecule has 4 nitrogen and oxygen atoms in total. The van der Waals surface area contributed by atoms with Crippen molar-refractivity contribution in [3.63, 3.8) is 0 Å². The summed E-state index contributed by atoms with van der Waals surface area (Å²) in [6.45, 7) is 3.63. The maximum atomic E-state index is 12.0. The largest absolute Gasteiger partial charge is 0.315 e. The van der Waals surface area contributed by atoms with Gasteiger partial charge in [0.25, 0.3) is 0 Å². The van der Waals surface area contributed by atoms with Crippen molar-refractivity contribution in [2.45, 2.75) is 23.6 Å². The Morgan fingerprint density at radius 1 is 1.47 bits per heavy atom. The van der Waals surface area contributed by atoms with E-state index in [1.165, 1.54) is 0 Å². The molecule has 15 heavy (non-hydrogen) atoms. The Labute approximate surface area is 97.8 Å². The van der Waals surface area contributed by atoms with Gasteiger partial charge in [0.15, 0.2) is 0 Å². The Morgan fingerprint density at radius 2 is 2.20 bits per heavy atom. The van der Waals surface area contributed by atoms with Gasteiger partial charge in [0, 0.05) is 18.9 Å². The van der Waals surface area contributed by atoms with Gasteiger partial charge in [0.2, 0.25) is 0 Å². The normalized spacial score (nSPS) is 22.1. The van der Waals surface area contributed by atoms with Crippen LogP contribution in [0.15, 0.2) is 17.4 Å². The van der Waals surface area contributed by atoms with E-state index in [0.29, 0.717) is 5.03 Å². The predicted octanol–water partition coefficient (Wildman–Crippen LogP) is 0.676. The highest BCUT2D eigenvalue weighted by atomic mass is 35.5. The third kappa shape index (κ3) is 2.74. The lowest BCUT2D eigenvalue weighted by Gasteiger charge is -2.08. The van der Waals surface area contributed by atoms with Gasteiger partial charge in [0.05, 0.1) is 21.7 Å². The fourth-order valence-corrected chi connectivity index (χ4v) is 2.99. The number of nitrogens with one attached hydrogen (secondary N) is 1. The molecule has 0 amide bonds. The van der Waals surface area contributed by atoms with Crippen molar-refractivity contribution in [1.29, 1.82) is 0 Å². The van der Waals surface area contributed by atoms with Gasteiger partial charge in [-0.05, 0) is 19.9 Å². The summed E-state index contributed by atoms with van der Waals surface area (Å²) in [6.07, 6.45) is 4.19. The van der Waals surface area contributed by atoms with E-state index >= 15 is 0 Å². The zero-order valence-corrected chi connectivity index (χ0v) is 10.1. The summed E-state index contributed by atoms with van der Waals surface area (Å²) in [4.78, 5) is 8.23. The molecule has 1 aromatic heterocycles. The average molecular weight is 248 g/mol. The Hall–Kier alpha value is -0.520. The molecule has 6 heteroatoms. The molecular weight excluding hydrogens is 234 g/mol. The van der Waals surface area contributed by atoms with Crippen LogP contribution in [-0.2, 0) is 10.8 Å². The second kappa shape index (κ2) is 5.53. The molecule has 2 rings (SSSR count). The highest BCUT2D eigenvalue weighted by Gasteiger charge is 2.24. The Bertz CT molecular complexity index is 355. The van der Waals surface area contributed by atoms with Crippen LogP contribution in [0.3, 0.4) is 0 Å². The fourth-order valence-electron chi connectivity index (χ4n) is 1.56. The van der Waals surface area contributed by atoms with E-state index in [1.54, 1.807) is 12.4 Å². The lowest BCUT2D eigenvalue weighted by Crippen LogP contribution is -2.20. The molecule has 1 saturated heterocycles. The van der Waals surface area contributed by atoms with Crippen LogP contribution in [0.2, 0.25) is 0 Å². The monoisotopic (exact) mass is 247 g/mol. The van der Waals surface area contributed by atoms with Crippen molar-refractivity contribution < 1.29 is 4.21 Å². The quantitative estimate of drug-likeness (QED) is 0.835. The van der Waals surface area contributed by atoms with Crippen LogP contribution >= 0.6 is 12.4 Å². The van der Waals surface area contributed by atoms with Crippen molar-refractivity contribution in [3.05, 3.63) is 18.1 Å². The van der Waals surface area contributed by atoms with Gasteiger partial charge in [-0.2, -0.15) is 0 Å². The predicted molar refractivity (Wildman–Crippen MR) is 61.7 cm³/mol. The minimum atomic E-state index is -1.01. The molecule has 0 aliphatic carbocycles. The van der Waals surface area contributed by atoms with Crippen LogP contribution in [-0.4, -0.2) is 32.5 Å². The first-order valence-electron chi connectivity index (χ1n) is 4.68. The van der Waals surface area contributed by atoms with E-state index in [9.17, 15) is 4.21 Å². The molecule has 1 aliphatic heterocycles. The van der Waals surface area contributed by atoms with Crippen LogP contribution in [0.1, 0.15) is 12.1 Å². The van der Waals surface area contributed by atoms with Crippen LogP contribution < -0.4 is 5.32 Å². The van der Waals surface area contributed by atoms with Crippen molar-refractivity contribution in [2.24, 2.45) is 0 Å². The molecule has 0 radical (unpaired) electrons. The summed E-state index contributed by atoms with van der Waals surface area (Å²) in [5.74, 6) is 0. The summed E-state index contributed by atoms with van der Waals surface area (Å²) in [6, 6.07) is 0.